The monoisotopic (exact) mass is 333 g/mol. The number of nitrogens with zero attached hydrogens (tertiary/aromatic N) is 2. The summed E-state index contributed by atoms with van der Waals surface area (Å²) in [6, 6.07) is 17.3. The maximum absolute atomic E-state index is 13.2. The molecule has 4 aromatic rings. The van der Waals surface area contributed by atoms with Crippen molar-refractivity contribution in [3.05, 3.63) is 82.5 Å². The Bertz CT molecular complexity index is 1100. The third-order valence-electron chi connectivity index (χ3n) is 4.25. The van der Waals surface area contributed by atoms with Gasteiger partial charge in [0.25, 0.3) is 5.56 Å². The van der Waals surface area contributed by atoms with E-state index in [0.29, 0.717) is 16.9 Å². The number of aromatic amines is 1. The second-order valence-corrected chi connectivity index (χ2v) is 5.83. The Labute approximate surface area is 143 Å². The van der Waals surface area contributed by atoms with E-state index in [0.717, 1.165) is 23.2 Å². The molecule has 2 aromatic carbocycles. The van der Waals surface area contributed by atoms with Crippen molar-refractivity contribution in [3.8, 4) is 22.4 Å². The summed E-state index contributed by atoms with van der Waals surface area (Å²) in [6.07, 6.45) is 0.749. The molecule has 0 spiro atoms. The molecule has 0 saturated carbocycles. The zero-order valence-corrected chi connectivity index (χ0v) is 13.7. The minimum atomic E-state index is -0.318. The molecule has 2 heterocycles. The van der Waals surface area contributed by atoms with Crippen LogP contribution in [0.25, 0.3) is 28.0 Å². The molecule has 0 saturated heterocycles. The van der Waals surface area contributed by atoms with Gasteiger partial charge in [-0.3, -0.25) is 9.89 Å². The van der Waals surface area contributed by atoms with Gasteiger partial charge in [-0.25, -0.2) is 13.9 Å². The van der Waals surface area contributed by atoms with Gasteiger partial charge in [-0.15, -0.1) is 0 Å². The zero-order chi connectivity index (χ0) is 17.4. The van der Waals surface area contributed by atoms with Gasteiger partial charge >= 0.3 is 0 Å². The molecule has 25 heavy (non-hydrogen) atoms. The van der Waals surface area contributed by atoms with Crippen molar-refractivity contribution >= 4 is 5.65 Å². The van der Waals surface area contributed by atoms with Crippen molar-refractivity contribution in [1.82, 2.24) is 14.6 Å². The Morgan fingerprint density at radius 1 is 1.04 bits per heavy atom. The van der Waals surface area contributed by atoms with Gasteiger partial charge < -0.3 is 0 Å². The Morgan fingerprint density at radius 2 is 1.76 bits per heavy atom. The molecular formula is C20H16FN3O. The van der Waals surface area contributed by atoms with Gasteiger partial charge in [0.15, 0.2) is 5.65 Å². The Kier molecular flexibility index (Phi) is 3.69. The van der Waals surface area contributed by atoms with E-state index in [1.165, 1.54) is 22.7 Å². The summed E-state index contributed by atoms with van der Waals surface area (Å²) in [5.41, 5.74) is 4.50. The van der Waals surface area contributed by atoms with Gasteiger partial charge in [-0.2, -0.15) is 0 Å². The van der Waals surface area contributed by atoms with E-state index in [1.54, 1.807) is 12.1 Å². The lowest BCUT2D eigenvalue weighted by molar-refractivity contribution is 0.628. The van der Waals surface area contributed by atoms with Crippen LogP contribution in [0.4, 0.5) is 4.39 Å². The average Bonchev–Trinajstić information content (AvgIpc) is 3.02. The lowest BCUT2D eigenvalue weighted by Crippen LogP contribution is -2.14. The van der Waals surface area contributed by atoms with E-state index >= 15 is 0 Å². The first kappa shape index (κ1) is 15.3. The van der Waals surface area contributed by atoms with Crippen molar-refractivity contribution in [2.24, 2.45) is 0 Å². The molecule has 0 aliphatic heterocycles. The number of fused-ring (bicyclic) bond motifs is 1. The first-order chi connectivity index (χ1) is 12.2. The van der Waals surface area contributed by atoms with Crippen LogP contribution in [0, 0.1) is 5.82 Å². The Morgan fingerprint density at radius 3 is 2.44 bits per heavy atom. The summed E-state index contributed by atoms with van der Waals surface area (Å²) in [6.45, 7) is 2.03. The fraction of sp³-hybridized carbons (Fsp3) is 0.100. The molecule has 0 aliphatic carbocycles. The third kappa shape index (κ3) is 2.63. The quantitative estimate of drug-likeness (QED) is 0.615. The topological polar surface area (TPSA) is 50.2 Å². The summed E-state index contributed by atoms with van der Waals surface area (Å²) in [5, 5.41) is 3.15. The molecule has 5 heteroatoms. The van der Waals surface area contributed by atoms with E-state index in [2.05, 4.69) is 5.10 Å². The molecule has 4 nitrogen and oxygen atoms in total. The van der Waals surface area contributed by atoms with Crippen LogP contribution in [0.2, 0.25) is 0 Å². The number of aryl methyl sites for hydroxylation is 1. The molecular weight excluding hydrogens is 317 g/mol. The highest BCUT2D eigenvalue weighted by Gasteiger charge is 2.16. The predicted molar refractivity (Wildman–Crippen MR) is 96.0 cm³/mol. The summed E-state index contributed by atoms with van der Waals surface area (Å²) < 4.78 is 14.6. The normalized spacial score (nSPS) is 11.1. The van der Waals surface area contributed by atoms with E-state index in [1.807, 2.05) is 37.3 Å². The minimum Gasteiger partial charge on any atom is -0.293 e. The fourth-order valence-corrected chi connectivity index (χ4v) is 3.02. The smallest absolute Gasteiger partial charge is 0.273 e. The van der Waals surface area contributed by atoms with Crippen LogP contribution in [0.1, 0.15) is 12.6 Å². The summed E-state index contributed by atoms with van der Waals surface area (Å²) >= 11 is 0. The molecule has 0 radical (unpaired) electrons. The van der Waals surface area contributed by atoms with Gasteiger partial charge in [0.05, 0.1) is 5.69 Å². The highest BCUT2D eigenvalue weighted by molar-refractivity contribution is 5.81. The highest BCUT2D eigenvalue weighted by atomic mass is 19.1. The van der Waals surface area contributed by atoms with E-state index in [-0.39, 0.29) is 11.4 Å². The number of benzene rings is 2. The Balaban J connectivity index is 2.01. The molecule has 2 aromatic heterocycles. The average molecular weight is 333 g/mol. The second-order valence-electron chi connectivity index (χ2n) is 5.83. The van der Waals surface area contributed by atoms with E-state index < -0.39 is 0 Å². The largest absolute Gasteiger partial charge is 0.293 e. The van der Waals surface area contributed by atoms with Crippen LogP contribution < -0.4 is 5.56 Å². The standard InChI is InChI=1S/C20H16FN3O/c1-2-16-19(14-6-4-3-5-7-14)20-22-17(12-18(25)24(20)23-16)13-8-10-15(21)11-9-13/h3-12,23H,2H2,1H3. The predicted octanol–water partition coefficient (Wildman–Crippen LogP) is 4.06. The number of rotatable bonds is 3. The first-order valence-corrected chi connectivity index (χ1v) is 8.13. The lowest BCUT2D eigenvalue weighted by atomic mass is 10.0. The number of hydrogen-bond donors (Lipinski definition) is 1. The van der Waals surface area contributed by atoms with Crippen molar-refractivity contribution in [1.29, 1.82) is 0 Å². The molecule has 124 valence electrons. The van der Waals surface area contributed by atoms with Gasteiger partial charge in [0.2, 0.25) is 0 Å². The summed E-state index contributed by atoms with van der Waals surface area (Å²) in [5.74, 6) is -0.318. The van der Waals surface area contributed by atoms with Gasteiger partial charge in [-0.1, -0.05) is 37.3 Å². The molecule has 0 aliphatic rings. The van der Waals surface area contributed by atoms with Gasteiger partial charge in [0.1, 0.15) is 5.82 Å². The fourth-order valence-electron chi connectivity index (χ4n) is 3.02. The molecule has 4 rings (SSSR count). The molecule has 0 atom stereocenters. The lowest BCUT2D eigenvalue weighted by Gasteiger charge is -2.04. The van der Waals surface area contributed by atoms with E-state index in [4.69, 9.17) is 4.98 Å². The maximum Gasteiger partial charge on any atom is 0.273 e. The Hall–Kier alpha value is -3.21. The van der Waals surface area contributed by atoms with Crippen LogP contribution in [0.5, 0.6) is 0 Å². The van der Waals surface area contributed by atoms with Crippen molar-refractivity contribution in [2.45, 2.75) is 13.3 Å². The van der Waals surface area contributed by atoms with Crippen molar-refractivity contribution in [2.75, 3.05) is 0 Å². The van der Waals surface area contributed by atoms with Crippen LogP contribution in [-0.4, -0.2) is 14.6 Å². The van der Waals surface area contributed by atoms with Crippen molar-refractivity contribution in [3.63, 3.8) is 0 Å². The SMILES string of the molecule is CCc1[nH]n2c(=O)cc(-c3ccc(F)cc3)nc2c1-c1ccccc1. The number of aromatic nitrogens is 3. The molecule has 0 bridgehead atoms. The van der Waals surface area contributed by atoms with Gasteiger partial charge in [-0.05, 0) is 36.2 Å². The van der Waals surface area contributed by atoms with Crippen molar-refractivity contribution < 1.29 is 4.39 Å². The number of nitrogens with one attached hydrogen (secondary N) is 1. The first-order valence-electron chi connectivity index (χ1n) is 8.13. The van der Waals surface area contributed by atoms with Crippen LogP contribution in [0.15, 0.2) is 65.5 Å². The third-order valence-corrected chi connectivity index (χ3v) is 4.25. The van der Waals surface area contributed by atoms with Crippen LogP contribution in [0.3, 0.4) is 0 Å². The number of hydrogen-bond acceptors (Lipinski definition) is 2. The number of halogens is 1. The zero-order valence-electron chi connectivity index (χ0n) is 13.7. The number of H-pyrrole nitrogens is 1. The second kappa shape index (κ2) is 6.02. The molecule has 0 amide bonds. The van der Waals surface area contributed by atoms with Crippen LogP contribution in [-0.2, 0) is 6.42 Å². The highest BCUT2D eigenvalue weighted by Crippen LogP contribution is 2.28. The van der Waals surface area contributed by atoms with E-state index in [9.17, 15) is 9.18 Å². The summed E-state index contributed by atoms with van der Waals surface area (Å²) in [7, 11) is 0. The molecule has 0 unspecified atom stereocenters. The molecule has 0 fully saturated rings. The van der Waals surface area contributed by atoms with Gasteiger partial charge in [0, 0.05) is 22.9 Å². The minimum absolute atomic E-state index is 0.193. The maximum atomic E-state index is 13.2. The summed E-state index contributed by atoms with van der Waals surface area (Å²) in [4.78, 5) is 17.3. The molecule has 1 N–H and O–H groups in total. The van der Waals surface area contributed by atoms with Crippen LogP contribution >= 0.6 is 0 Å².